The van der Waals surface area contributed by atoms with Crippen LogP contribution in [-0.4, -0.2) is 52.1 Å². The molecule has 1 rings (SSSR count). The van der Waals surface area contributed by atoms with E-state index in [1.165, 1.54) is 11.0 Å². The van der Waals surface area contributed by atoms with Crippen molar-refractivity contribution in [2.45, 2.75) is 105 Å². The van der Waals surface area contributed by atoms with Crippen molar-refractivity contribution in [1.82, 2.24) is 15.5 Å². The maximum absolute atomic E-state index is 13.6. The average Bonchev–Trinajstić information content (AvgIpc) is 2.74. The molecule has 3 amide bonds. The van der Waals surface area contributed by atoms with Gasteiger partial charge in [-0.2, -0.15) is 0 Å². The van der Waals surface area contributed by atoms with Gasteiger partial charge in [0, 0.05) is 12.6 Å². The molecule has 34 heavy (non-hydrogen) atoms. The zero-order chi connectivity index (χ0) is 26.1. The lowest BCUT2D eigenvalue weighted by Gasteiger charge is -2.37. The zero-order valence-electron chi connectivity index (χ0n) is 22.0. The Bertz CT molecular complexity index is 834. The van der Waals surface area contributed by atoms with Crippen LogP contribution in [0.5, 0.6) is 5.75 Å². The van der Waals surface area contributed by atoms with Crippen molar-refractivity contribution >= 4 is 17.9 Å². The quantitative estimate of drug-likeness (QED) is 0.404. The number of nitrogens with one attached hydrogen (secondary N) is 2. The molecule has 0 aromatic heterocycles. The van der Waals surface area contributed by atoms with Crippen molar-refractivity contribution in [2.24, 2.45) is 0 Å². The predicted octanol–water partition coefficient (Wildman–Crippen LogP) is 4.59. The van der Waals surface area contributed by atoms with E-state index >= 15 is 0 Å². The number of phenols is 1. The molecule has 8 nitrogen and oxygen atoms in total. The number of hydrogen-bond donors (Lipinski definition) is 3. The second kappa shape index (κ2) is 13.2. The largest absolute Gasteiger partial charge is 0.508 e. The van der Waals surface area contributed by atoms with Gasteiger partial charge in [-0.25, -0.2) is 4.79 Å². The molecular weight excluding hydrogens is 434 g/mol. The molecule has 0 spiro atoms. The minimum absolute atomic E-state index is 0.118. The number of alkyl carbamates (subject to hydrolysis) is 1. The monoisotopic (exact) mass is 477 g/mol. The fraction of sp³-hybridized carbons (Fsp3) is 0.654. The number of aryl methyl sites for hydroxylation is 1. The maximum Gasteiger partial charge on any atom is 0.408 e. The van der Waals surface area contributed by atoms with Crippen molar-refractivity contribution in [3.63, 3.8) is 0 Å². The lowest BCUT2D eigenvalue weighted by atomic mass is 9.98. The summed E-state index contributed by atoms with van der Waals surface area (Å²) in [5.74, 6) is -0.564. The number of carbonyl (C=O) groups excluding carboxylic acids is 3. The standard InChI is InChI=1S/C26H43N3O5/c1-9-11-12-15-27-23(31)22(20-13-14-21(30)17(3)16-20)29(18(4)10-2)24(32)19(5)28-25(33)34-26(6,7)8/h13-14,16,18-19,22,30H,9-12,15H2,1-8H3,(H,27,31)(H,28,33). The molecule has 0 aliphatic heterocycles. The molecule has 0 fully saturated rings. The number of aromatic hydroxyl groups is 1. The summed E-state index contributed by atoms with van der Waals surface area (Å²) in [7, 11) is 0. The first-order valence-corrected chi connectivity index (χ1v) is 12.2. The van der Waals surface area contributed by atoms with Gasteiger partial charge in [0.2, 0.25) is 11.8 Å². The van der Waals surface area contributed by atoms with E-state index in [1.54, 1.807) is 46.8 Å². The molecular formula is C26H43N3O5. The van der Waals surface area contributed by atoms with Crippen molar-refractivity contribution in [3.8, 4) is 5.75 Å². The van der Waals surface area contributed by atoms with Crippen LogP contribution in [0.4, 0.5) is 4.79 Å². The Balaban J connectivity index is 3.32. The highest BCUT2D eigenvalue weighted by Crippen LogP contribution is 2.29. The van der Waals surface area contributed by atoms with Crippen molar-refractivity contribution in [2.75, 3.05) is 6.54 Å². The van der Waals surface area contributed by atoms with Gasteiger partial charge in [-0.05, 0) is 77.6 Å². The van der Waals surface area contributed by atoms with E-state index < -0.39 is 23.8 Å². The topological polar surface area (TPSA) is 108 Å². The summed E-state index contributed by atoms with van der Waals surface area (Å²) in [5.41, 5.74) is 0.507. The first kappa shape index (κ1) is 29.3. The van der Waals surface area contributed by atoms with Gasteiger partial charge in [0.05, 0.1) is 0 Å². The number of ether oxygens (including phenoxy) is 1. The summed E-state index contributed by atoms with van der Waals surface area (Å²) in [4.78, 5) is 40.9. The van der Waals surface area contributed by atoms with E-state index in [4.69, 9.17) is 4.74 Å². The third kappa shape index (κ3) is 8.88. The highest BCUT2D eigenvalue weighted by molar-refractivity contribution is 5.92. The fourth-order valence-electron chi connectivity index (χ4n) is 3.54. The summed E-state index contributed by atoms with van der Waals surface area (Å²) in [6, 6.07) is 2.82. The van der Waals surface area contributed by atoms with Crippen molar-refractivity contribution < 1.29 is 24.2 Å². The van der Waals surface area contributed by atoms with Gasteiger partial charge in [0.25, 0.3) is 0 Å². The molecule has 0 heterocycles. The summed E-state index contributed by atoms with van der Waals surface area (Å²) in [5, 5.41) is 15.6. The molecule has 1 aromatic carbocycles. The Kier molecular flexibility index (Phi) is 11.4. The number of unbranched alkanes of at least 4 members (excludes halogenated alkanes) is 2. The molecule has 8 heteroatoms. The van der Waals surface area contributed by atoms with Gasteiger partial charge in [-0.3, -0.25) is 9.59 Å². The van der Waals surface area contributed by atoms with E-state index in [-0.39, 0.29) is 23.6 Å². The Hall–Kier alpha value is -2.77. The van der Waals surface area contributed by atoms with Crippen LogP contribution in [-0.2, 0) is 14.3 Å². The summed E-state index contributed by atoms with van der Waals surface area (Å²) in [6.45, 7) is 15.0. The van der Waals surface area contributed by atoms with E-state index in [9.17, 15) is 19.5 Å². The van der Waals surface area contributed by atoms with Crippen LogP contribution in [0.25, 0.3) is 0 Å². The van der Waals surface area contributed by atoms with Crippen LogP contribution < -0.4 is 10.6 Å². The molecule has 0 bridgehead atoms. The minimum atomic E-state index is -0.911. The van der Waals surface area contributed by atoms with E-state index in [0.29, 0.717) is 24.1 Å². The first-order chi connectivity index (χ1) is 15.8. The lowest BCUT2D eigenvalue weighted by Crippen LogP contribution is -2.54. The number of benzene rings is 1. The molecule has 3 N–H and O–H groups in total. The fourth-order valence-corrected chi connectivity index (χ4v) is 3.54. The SMILES string of the molecule is CCCCCNC(=O)C(c1ccc(O)c(C)c1)N(C(=O)C(C)NC(=O)OC(C)(C)C)C(C)CC. The van der Waals surface area contributed by atoms with Gasteiger partial charge >= 0.3 is 6.09 Å². The Morgan fingerprint density at radius 1 is 1.12 bits per heavy atom. The molecule has 0 aliphatic carbocycles. The first-order valence-electron chi connectivity index (χ1n) is 12.2. The Labute approximate surface area is 204 Å². The van der Waals surface area contributed by atoms with Crippen LogP contribution in [0.15, 0.2) is 18.2 Å². The van der Waals surface area contributed by atoms with Crippen LogP contribution in [0.3, 0.4) is 0 Å². The van der Waals surface area contributed by atoms with Gasteiger partial charge in [0.1, 0.15) is 23.4 Å². The molecule has 192 valence electrons. The number of nitrogens with zero attached hydrogens (tertiary/aromatic N) is 1. The van der Waals surface area contributed by atoms with Crippen LogP contribution in [0.2, 0.25) is 0 Å². The average molecular weight is 478 g/mol. The van der Waals surface area contributed by atoms with E-state index in [1.807, 2.05) is 13.8 Å². The third-order valence-electron chi connectivity index (χ3n) is 5.57. The van der Waals surface area contributed by atoms with Gasteiger partial charge in [0.15, 0.2) is 0 Å². The highest BCUT2D eigenvalue weighted by atomic mass is 16.6. The highest BCUT2D eigenvalue weighted by Gasteiger charge is 2.37. The third-order valence-corrected chi connectivity index (χ3v) is 5.57. The summed E-state index contributed by atoms with van der Waals surface area (Å²) < 4.78 is 5.29. The second-order valence-electron chi connectivity index (χ2n) is 9.82. The normalized spacial score (nSPS) is 14.0. The Morgan fingerprint density at radius 2 is 1.76 bits per heavy atom. The molecule has 0 radical (unpaired) electrons. The van der Waals surface area contributed by atoms with Crippen molar-refractivity contribution in [3.05, 3.63) is 29.3 Å². The van der Waals surface area contributed by atoms with E-state index in [0.717, 1.165) is 19.3 Å². The molecule has 3 unspecified atom stereocenters. The smallest absolute Gasteiger partial charge is 0.408 e. The number of carbonyl (C=O) groups is 3. The molecule has 0 saturated heterocycles. The van der Waals surface area contributed by atoms with Crippen molar-refractivity contribution in [1.29, 1.82) is 0 Å². The molecule has 1 aromatic rings. The second-order valence-corrected chi connectivity index (χ2v) is 9.82. The Morgan fingerprint density at radius 3 is 2.29 bits per heavy atom. The van der Waals surface area contributed by atoms with Gasteiger partial charge in [-0.15, -0.1) is 0 Å². The lowest BCUT2D eigenvalue weighted by molar-refractivity contribution is -0.144. The predicted molar refractivity (Wildman–Crippen MR) is 134 cm³/mol. The number of phenolic OH excluding ortho intramolecular Hbond substituents is 1. The van der Waals surface area contributed by atoms with E-state index in [2.05, 4.69) is 17.6 Å². The number of hydrogen-bond acceptors (Lipinski definition) is 5. The number of rotatable bonds is 11. The molecule has 0 aliphatic rings. The van der Waals surface area contributed by atoms with Crippen LogP contribution in [0, 0.1) is 6.92 Å². The van der Waals surface area contributed by atoms with Gasteiger partial charge in [-0.1, -0.05) is 32.8 Å². The maximum atomic E-state index is 13.6. The molecule has 0 saturated carbocycles. The van der Waals surface area contributed by atoms with Crippen LogP contribution in [0.1, 0.15) is 91.3 Å². The van der Waals surface area contributed by atoms with Crippen LogP contribution >= 0.6 is 0 Å². The van der Waals surface area contributed by atoms with Gasteiger partial charge < -0.3 is 25.4 Å². The number of amides is 3. The minimum Gasteiger partial charge on any atom is -0.508 e. The molecule has 3 atom stereocenters. The summed E-state index contributed by atoms with van der Waals surface area (Å²) >= 11 is 0. The summed E-state index contributed by atoms with van der Waals surface area (Å²) in [6.07, 6.45) is 2.79. The zero-order valence-corrected chi connectivity index (χ0v) is 22.0.